The molecule has 0 atom stereocenters. The van der Waals surface area contributed by atoms with E-state index in [1.54, 1.807) is 0 Å². The second-order valence-electron chi connectivity index (χ2n) is 1.07. The standard InChI is InChI=1S/C2H8N2.H3NO3S.Na/c3-1-2-4;1-5(2,3)4;/h1-4H2;(H3,1,2,3,4);/q;;+1/p-1. The van der Waals surface area contributed by atoms with E-state index in [2.05, 4.69) is 5.14 Å². The fourth-order valence-corrected chi connectivity index (χ4v) is 0. The van der Waals surface area contributed by atoms with Gasteiger partial charge in [0.2, 0.25) is 0 Å². The molecule has 0 aromatic rings. The first-order valence-corrected chi connectivity index (χ1v) is 3.52. The minimum atomic E-state index is -4.42. The van der Waals surface area contributed by atoms with Crippen LogP contribution in [0, 0.1) is 0 Å². The van der Waals surface area contributed by atoms with Crippen LogP contribution >= 0.6 is 0 Å². The molecule has 0 amide bonds. The Morgan fingerprint density at radius 1 is 1.20 bits per heavy atom. The fraction of sp³-hybridized carbons (Fsp3) is 1.00. The van der Waals surface area contributed by atoms with Gasteiger partial charge in [-0.05, 0) is 0 Å². The summed E-state index contributed by atoms with van der Waals surface area (Å²) in [6.07, 6.45) is 0. The molecule has 6 nitrogen and oxygen atoms in total. The second-order valence-corrected chi connectivity index (χ2v) is 2.06. The van der Waals surface area contributed by atoms with Gasteiger partial charge in [-0.25, -0.2) is 13.6 Å². The molecule has 0 aliphatic heterocycles. The van der Waals surface area contributed by atoms with Crippen molar-refractivity contribution in [1.29, 1.82) is 0 Å². The van der Waals surface area contributed by atoms with E-state index in [1.165, 1.54) is 0 Å². The van der Waals surface area contributed by atoms with E-state index in [0.717, 1.165) is 0 Å². The van der Waals surface area contributed by atoms with E-state index in [4.69, 9.17) is 24.4 Å². The van der Waals surface area contributed by atoms with Crippen LogP contribution in [0.3, 0.4) is 0 Å². The van der Waals surface area contributed by atoms with E-state index in [1.807, 2.05) is 0 Å². The van der Waals surface area contributed by atoms with Crippen molar-refractivity contribution in [3.63, 3.8) is 0 Å². The zero-order chi connectivity index (χ0) is 7.91. The van der Waals surface area contributed by atoms with Crippen molar-refractivity contribution in [2.24, 2.45) is 16.6 Å². The Morgan fingerprint density at radius 2 is 1.30 bits per heavy atom. The van der Waals surface area contributed by atoms with Crippen LogP contribution in [0.15, 0.2) is 0 Å². The molecule has 8 heteroatoms. The molecule has 0 spiro atoms. The Kier molecular flexibility index (Phi) is 16.7. The SMILES string of the molecule is NCCN.NS(=O)(=O)[O-].[Na+]. The van der Waals surface area contributed by atoms with Crippen molar-refractivity contribution in [1.82, 2.24) is 0 Å². The third kappa shape index (κ3) is 166. The molecule has 0 bridgehead atoms. The first-order chi connectivity index (χ1) is 3.91. The molecular weight excluding hydrogens is 169 g/mol. The summed E-state index contributed by atoms with van der Waals surface area (Å²) in [6, 6.07) is 0. The zero-order valence-electron chi connectivity index (χ0n) is 5.78. The van der Waals surface area contributed by atoms with Crippen molar-refractivity contribution in [2.75, 3.05) is 13.1 Å². The molecule has 0 aromatic heterocycles. The molecule has 0 rings (SSSR count). The van der Waals surface area contributed by atoms with Gasteiger partial charge in [-0.3, -0.25) is 0 Å². The van der Waals surface area contributed by atoms with Crippen molar-refractivity contribution in [3.8, 4) is 0 Å². The summed E-state index contributed by atoms with van der Waals surface area (Å²) in [7, 11) is -4.42. The minimum Gasteiger partial charge on any atom is -0.736 e. The first kappa shape index (κ1) is 17.0. The monoisotopic (exact) mass is 179 g/mol. The average molecular weight is 179 g/mol. The van der Waals surface area contributed by atoms with Crippen LogP contribution in [-0.2, 0) is 10.3 Å². The smallest absolute Gasteiger partial charge is 0.736 e. The zero-order valence-corrected chi connectivity index (χ0v) is 8.60. The van der Waals surface area contributed by atoms with Crippen LogP contribution in [0.4, 0.5) is 0 Å². The minimum absolute atomic E-state index is 0. The Balaban J connectivity index is -0.0000000910. The maximum absolute atomic E-state index is 8.85. The Hall–Kier alpha value is 0.790. The van der Waals surface area contributed by atoms with E-state index in [-0.39, 0.29) is 29.6 Å². The molecule has 0 heterocycles. The molecule has 0 aliphatic rings. The van der Waals surface area contributed by atoms with Crippen LogP contribution in [0.5, 0.6) is 0 Å². The van der Waals surface area contributed by atoms with Gasteiger partial charge in [-0.2, -0.15) is 0 Å². The summed E-state index contributed by atoms with van der Waals surface area (Å²) in [6.45, 7) is 1.19. The Morgan fingerprint density at radius 3 is 1.30 bits per heavy atom. The largest absolute Gasteiger partial charge is 1.00 e. The summed E-state index contributed by atoms with van der Waals surface area (Å²) in [5.74, 6) is 0. The van der Waals surface area contributed by atoms with Gasteiger partial charge in [0.05, 0.1) is 0 Å². The molecule has 10 heavy (non-hydrogen) atoms. The van der Waals surface area contributed by atoms with Crippen molar-refractivity contribution in [3.05, 3.63) is 0 Å². The van der Waals surface area contributed by atoms with Crippen LogP contribution in [0.1, 0.15) is 0 Å². The van der Waals surface area contributed by atoms with Gasteiger partial charge >= 0.3 is 29.6 Å². The molecule has 0 fully saturated rings. The van der Waals surface area contributed by atoms with Gasteiger partial charge in [-0.15, -0.1) is 0 Å². The molecule has 0 aliphatic carbocycles. The third-order valence-electron chi connectivity index (χ3n) is 0.167. The summed E-state index contributed by atoms with van der Waals surface area (Å²) in [4.78, 5) is 0. The Bertz CT molecular complexity index is 125. The first-order valence-electron chi connectivity index (χ1n) is 2.05. The predicted molar refractivity (Wildman–Crippen MR) is 32.0 cm³/mol. The normalized spacial score (nSPS) is 8.80. The molecular formula is C2H10N3NaO3S. The van der Waals surface area contributed by atoms with E-state index in [0.29, 0.717) is 13.1 Å². The summed E-state index contributed by atoms with van der Waals surface area (Å²) >= 11 is 0. The fourth-order valence-electron chi connectivity index (χ4n) is 0. The third-order valence-corrected chi connectivity index (χ3v) is 0.167. The molecule has 58 valence electrons. The van der Waals surface area contributed by atoms with Gasteiger partial charge < -0.3 is 16.0 Å². The van der Waals surface area contributed by atoms with Gasteiger partial charge in [0.1, 0.15) is 0 Å². The van der Waals surface area contributed by atoms with Gasteiger partial charge in [-0.1, -0.05) is 0 Å². The van der Waals surface area contributed by atoms with Crippen molar-refractivity contribution < 1.29 is 42.5 Å². The average Bonchev–Trinajstić information content (AvgIpc) is 1.61. The molecule has 0 unspecified atom stereocenters. The second kappa shape index (κ2) is 9.79. The van der Waals surface area contributed by atoms with E-state index >= 15 is 0 Å². The van der Waals surface area contributed by atoms with Gasteiger partial charge in [0.15, 0.2) is 10.3 Å². The predicted octanol–water partition coefficient (Wildman–Crippen LogP) is -5.69. The quantitative estimate of drug-likeness (QED) is 0.272. The number of rotatable bonds is 1. The number of hydrogen-bond donors (Lipinski definition) is 3. The van der Waals surface area contributed by atoms with Crippen molar-refractivity contribution in [2.45, 2.75) is 0 Å². The summed E-state index contributed by atoms with van der Waals surface area (Å²) in [5, 5.41) is 3.77. The molecule has 6 N–H and O–H groups in total. The molecule has 0 saturated heterocycles. The summed E-state index contributed by atoms with van der Waals surface area (Å²) < 4.78 is 26.6. The molecule has 0 aromatic carbocycles. The van der Waals surface area contributed by atoms with Crippen LogP contribution in [-0.4, -0.2) is 26.1 Å². The summed E-state index contributed by atoms with van der Waals surface area (Å²) in [5.41, 5.74) is 9.81. The van der Waals surface area contributed by atoms with Crippen LogP contribution in [0.2, 0.25) is 0 Å². The van der Waals surface area contributed by atoms with E-state index < -0.39 is 10.3 Å². The topological polar surface area (TPSA) is 135 Å². The molecule has 0 radical (unpaired) electrons. The Labute approximate surface area is 82.3 Å². The number of nitrogens with two attached hydrogens (primary N) is 3. The van der Waals surface area contributed by atoms with Crippen LogP contribution in [0.25, 0.3) is 0 Å². The van der Waals surface area contributed by atoms with Gasteiger partial charge in [0.25, 0.3) is 0 Å². The van der Waals surface area contributed by atoms with Gasteiger partial charge in [0, 0.05) is 13.1 Å². The maximum Gasteiger partial charge on any atom is 1.00 e. The van der Waals surface area contributed by atoms with Crippen molar-refractivity contribution >= 4 is 10.3 Å². The maximum atomic E-state index is 8.85. The molecule has 0 saturated carbocycles. The number of hydrogen-bond acceptors (Lipinski definition) is 5. The van der Waals surface area contributed by atoms with E-state index in [9.17, 15) is 0 Å². The van der Waals surface area contributed by atoms with Crippen LogP contribution < -0.4 is 46.2 Å².